The van der Waals surface area contributed by atoms with Crippen molar-refractivity contribution in [3.05, 3.63) is 41.9 Å². The summed E-state index contributed by atoms with van der Waals surface area (Å²) in [5.41, 5.74) is 2.12. The number of nitrogens with zero attached hydrogens (tertiary/aromatic N) is 2. The number of methoxy groups -OCH3 is 1. The van der Waals surface area contributed by atoms with Crippen LogP contribution >= 0.6 is 0 Å². The quantitative estimate of drug-likeness (QED) is 0.722. The Kier molecular flexibility index (Phi) is 6.33. The smallest absolute Gasteiger partial charge is 0.325 e. The fourth-order valence-electron chi connectivity index (χ4n) is 2.40. The van der Waals surface area contributed by atoms with Crippen molar-refractivity contribution in [2.24, 2.45) is 0 Å². The van der Waals surface area contributed by atoms with Crippen LogP contribution in [0.5, 0.6) is 0 Å². The molecule has 0 fully saturated rings. The molecule has 25 heavy (non-hydrogen) atoms. The molecule has 2 rings (SSSR count). The van der Waals surface area contributed by atoms with Crippen LogP contribution < -0.4 is 0 Å². The van der Waals surface area contributed by atoms with Gasteiger partial charge in [0, 0.05) is 24.4 Å². The van der Waals surface area contributed by atoms with Gasteiger partial charge in [-0.05, 0) is 20.8 Å². The molecule has 0 spiro atoms. The Morgan fingerprint density at radius 3 is 2.52 bits per heavy atom. The van der Waals surface area contributed by atoms with E-state index in [9.17, 15) is 9.59 Å². The second-order valence-electron chi connectivity index (χ2n) is 6.18. The van der Waals surface area contributed by atoms with E-state index < -0.39 is 5.97 Å². The Morgan fingerprint density at radius 2 is 1.92 bits per heavy atom. The number of esters is 1. The van der Waals surface area contributed by atoms with E-state index in [2.05, 4.69) is 9.72 Å². The molecule has 0 bridgehead atoms. The zero-order valence-electron chi connectivity index (χ0n) is 15.1. The van der Waals surface area contributed by atoms with E-state index in [0.717, 1.165) is 5.56 Å². The molecule has 134 valence electrons. The lowest BCUT2D eigenvalue weighted by Crippen LogP contribution is -2.41. The predicted molar refractivity (Wildman–Crippen MR) is 93.9 cm³/mol. The van der Waals surface area contributed by atoms with Crippen LogP contribution in [0.4, 0.5) is 0 Å². The van der Waals surface area contributed by atoms with Crippen LogP contribution in [0.15, 0.2) is 34.9 Å². The van der Waals surface area contributed by atoms with Gasteiger partial charge in [0.2, 0.25) is 5.91 Å². The molecule has 1 aromatic carbocycles. The van der Waals surface area contributed by atoms with Crippen LogP contribution in [0.1, 0.15) is 31.7 Å². The summed E-state index contributed by atoms with van der Waals surface area (Å²) in [6, 6.07) is 7.88. The van der Waals surface area contributed by atoms with Crippen molar-refractivity contribution in [1.82, 2.24) is 9.88 Å². The summed E-state index contributed by atoms with van der Waals surface area (Å²) in [6.07, 6.45) is 2.28. The first kappa shape index (κ1) is 18.7. The van der Waals surface area contributed by atoms with Crippen molar-refractivity contribution in [2.75, 3.05) is 13.7 Å². The highest BCUT2D eigenvalue weighted by Gasteiger charge is 2.21. The third-order valence-corrected chi connectivity index (χ3v) is 3.91. The standard InChI is InChI=1S/C19H24N2O4/c1-13(2)21(12-19(23)24-4)18(22)10-9-17-20-11-16(25-17)15-7-5-14(3)6-8-15/h5-8,11,13H,9-10,12H2,1-4H3. The minimum atomic E-state index is -0.431. The number of oxazole rings is 1. The first-order chi connectivity index (χ1) is 11.9. The maximum atomic E-state index is 12.4. The highest BCUT2D eigenvalue weighted by Crippen LogP contribution is 2.21. The second-order valence-corrected chi connectivity index (χ2v) is 6.18. The van der Waals surface area contributed by atoms with Gasteiger partial charge < -0.3 is 14.1 Å². The third-order valence-electron chi connectivity index (χ3n) is 3.91. The fourth-order valence-corrected chi connectivity index (χ4v) is 2.40. The van der Waals surface area contributed by atoms with Crippen molar-refractivity contribution in [3.63, 3.8) is 0 Å². The second kappa shape index (κ2) is 8.46. The number of aryl methyl sites for hydroxylation is 2. The molecule has 0 aliphatic carbocycles. The Labute approximate surface area is 147 Å². The molecule has 6 heteroatoms. The zero-order valence-corrected chi connectivity index (χ0v) is 15.1. The predicted octanol–water partition coefficient (Wildman–Crippen LogP) is 2.99. The number of benzene rings is 1. The summed E-state index contributed by atoms with van der Waals surface area (Å²) in [6.45, 7) is 5.70. The first-order valence-electron chi connectivity index (χ1n) is 8.28. The minimum Gasteiger partial charge on any atom is -0.468 e. The van der Waals surface area contributed by atoms with E-state index in [1.807, 2.05) is 45.0 Å². The van der Waals surface area contributed by atoms with Crippen LogP contribution in [0, 0.1) is 6.92 Å². The molecule has 1 amide bonds. The molecule has 0 aliphatic rings. The first-order valence-corrected chi connectivity index (χ1v) is 8.28. The molecule has 2 aromatic rings. The average Bonchev–Trinajstić information content (AvgIpc) is 3.06. The SMILES string of the molecule is COC(=O)CN(C(=O)CCc1ncc(-c2ccc(C)cc2)o1)C(C)C. The fraction of sp³-hybridized carbons (Fsp3) is 0.421. The number of aromatic nitrogens is 1. The van der Waals surface area contributed by atoms with Crippen LogP contribution in [0.25, 0.3) is 11.3 Å². The molecule has 0 saturated carbocycles. The molecule has 0 unspecified atom stereocenters. The number of hydrogen-bond acceptors (Lipinski definition) is 5. The van der Waals surface area contributed by atoms with Gasteiger partial charge >= 0.3 is 5.97 Å². The topological polar surface area (TPSA) is 72.6 Å². The summed E-state index contributed by atoms with van der Waals surface area (Å²) < 4.78 is 10.4. The number of ether oxygens (including phenoxy) is 1. The van der Waals surface area contributed by atoms with E-state index >= 15 is 0 Å². The Bertz CT molecular complexity index is 719. The number of rotatable bonds is 7. The Hall–Kier alpha value is -2.63. The molecule has 6 nitrogen and oxygen atoms in total. The monoisotopic (exact) mass is 344 g/mol. The van der Waals surface area contributed by atoms with Crippen molar-refractivity contribution < 1.29 is 18.7 Å². The molecule has 1 heterocycles. The number of amides is 1. The van der Waals surface area contributed by atoms with E-state index in [1.54, 1.807) is 6.20 Å². The van der Waals surface area contributed by atoms with E-state index in [4.69, 9.17) is 4.42 Å². The number of hydrogen-bond donors (Lipinski definition) is 0. The van der Waals surface area contributed by atoms with Crippen molar-refractivity contribution in [2.45, 2.75) is 39.7 Å². The summed E-state index contributed by atoms with van der Waals surface area (Å²) in [5.74, 6) is 0.624. The van der Waals surface area contributed by atoms with Crippen LogP contribution in [-0.4, -0.2) is 41.5 Å². The Morgan fingerprint density at radius 1 is 1.24 bits per heavy atom. The average molecular weight is 344 g/mol. The molecule has 1 aromatic heterocycles. The summed E-state index contributed by atoms with van der Waals surface area (Å²) >= 11 is 0. The van der Waals surface area contributed by atoms with Gasteiger partial charge in [0.25, 0.3) is 0 Å². The highest BCUT2D eigenvalue weighted by molar-refractivity contribution is 5.82. The van der Waals surface area contributed by atoms with E-state index in [1.165, 1.54) is 17.6 Å². The number of carbonyl (C=O) groups excluding carboxylic acids is 2. The largest absolute Gasteiger partial charge is 0.468 e. The number of carbonyl (C=O) groups is 2. The third kappa shape index (κ3) is 5.17. The minimum absolute atomic E-state index is 0.0484. The van der Waals surface area contributed by atoms with Gasteiger partial charge in [0.15, 0.2) is 11.7 Å². The lowest BCUT2D eigenvalue weighted by Gasteiger charge is -2.25. The van der Waals surface area contributed by atoms with Crippen LogP contribution in [-0.2, 0) is 20.7 Å². The molecule has 0 radical (unpaired) electrons. The molecule has 0 atom stereocenters. The van der Waals surface area contributed by atoms with Gasteiger partial charge in [-0.3, -0.25) is 9.59 Å². The Balaban J connectivity index is 1.97. The van der Waals surface area contributed by atoms with Crippen molar-refractivity contribution in [3.8, 4) is 11.3 Å². The molecule has 0 aliphatic heterocycles. The summed E-state index contributed by atoms with van der Waals surface area (Å²) in [5, 5.41) is 0. The summed E-state index contributed by atoms with van der Waals surface area (Å²) in [4.78, 5) is 29.5. The molecular formula is C19H24N2O4. The molecule has 0 N–H and O–H groups in total. The van der Waals surface area contributed by atoms with Crippen molar-refractivity contribution in [1.29, 1.82) is 0 Å². The van der Waals surface area contributed by atoms with Gasteiger partial charge in [-0.1, -0.05) is 29.8 Å². The maximum absolute atomic E-state index is 12.4. The maximum Gasteiger partial charge on any atom is 0.325 e. The lowest BCUT2D eigenvalue weighted by atomic mass is 10.1. The van der Waals surface area contributed by atoms with Gasteiger partial charge in [-0.2, -0.15) is 0 Å². The molecular weight excluding hydrogens is 320 g/mol. The van der Waals surface area contributed by atoms with E-state index in [-0.39, 0.29) is 24.9 Å². The highest BCUT2D eigenvalue weighted by atomic mass is 16.5. The zero-order chi connectivity index (χ0) is 18.4. The van der Waals surface area contributed by atoms with Crippen molar-refractivity contribution >= 4 is 11.9 Å². The van der Waals surface area contributed by atoms with Crippen LogP contribution in [0.3, 0.4) is 0 Å². The van der Waals surface area contributed by atoms with Gasteiger partial charge in [-0.25, -0.2) is 4.98 Å². The molecule has 0 saturated heterocycles. The van der Waals surface area contributed by atoms with E-state index in [0.29, 0.717) is 18.1 Å². The van der Waals surface area contributed by atoms with Crippen LogP contribution in [0.2, 0.25) is 0 Å². The van der Waals surface area contributed by atoms with Gasteiger partial charge in [-0.15, -0.1) is 0 Å². The van der Waals surface area contributed by atoms with Gasteiger partial charge in [0.1, 0.15) is 6.54 Å². The van der Waals surface area contributed by atoms with Gasteiger partial charge in [0.05, 0.1) is 13.3 Å². The summed E-state index contributed by atoms with van der Waals surface area (Å²) in [7, 11) is 1.31. The lowest BCUT2D eigenvalue weighted by molar-refractivity contribution is -0.148. The normalized spacial score (nSPS) is 10.8.